The van der Waals surface area contributed by atoms with E-state index in [1.165, 1.54) is 12.1 Å². The molecule has 1 saturated carbocycles. The molecule has 1 aromatic carbocycles. The molecular formula is C20H25N3O4. The lowest BCUT2D eigenvalue weighted by Gasteiger charge is -2.29. The van der Waals surface area contributed by atoms with Crippen molar-refractivity contribution in [2.24, 2.45) is 5.92 Å². The van der Waals surface area contributed by atoms with Gasteiger partial charge in [-0.15, -0.1) is 0 Å². The summed E-state index contributed by atoms with van der Waals surface area (Å²) >= 11 is 0. The fourth-order valence-electron chi connectivity index (χ4n) is 3.59. The van der Waals surface area contributed by atoms with Gasteiger partial charge in [0.05, 0.1) is 6.07 Å². The number of phenols is 1. The summed E-state index contributed by atoms with van der Waals surface area (Å²) in [6.07, 6.45) is 1.21. The third-order valence-corrected chi connectivity index (χ3v) is 4.87. The zero-order valence-electron chi connectivity index (χ0n) is 15.8. The number of alkyl carbamates (subject to hydrolysis) is 1. The highest BCUT2D eigenvalue weighted by Gasteiger charge is 2.55. The zero-order valence-corrected chi connectivity index (χ0v) is 15.8. The maximum Gasteiger partial charge on any atom is 0.408 e. The van der Waals surface area contributed by atoms with Crippen molar-refractivity contribution in [2.75, 3.05) is 0 Å². The number of benzene rings is 1. The van der Waals surface area contributed by atoms with Crippen LogP contribution in [0.5, 0.6) is 5.75 Å². The van der Waals surface area contributed by atoms with Crippen LogP contribution in [0.15, 0.2) is 24.3 Å². The smallest absolute Gasteiger partial charge is 0.408 e. The monoisotopic (exact) mass is 371 g/mol. The van der Waals surface area contributed by atoms with Crippen LogP contribution in [0.3, 0.4) is 0 Å². The van der Waals surface area contributed by atoms with Gasteiger partial charge in [0.1, 0.15) is 23.4 Å². The second-order valence-corrected chi connectivity index (χ2v) is 8.26. The first kappa shape index (κ1) is 19.0. The van der Waals surface area contributed by atoms with Crippen LogP contribution in [0.4, 0.5) is 4.79 Å². The van der Waals surface area contributed by atoms with Crippen molar-refractivity contribution < 1.29 is 19.4 Å². The van der Waals surface area contributed by atoms with Crippen molar-refractivity contribution >= 4 is 12.0 Å². The molecule has 4 atom stereocenters. The summed E-state index contributed by atoms with van der Waals surface area (Å²) in [6.45, 7) is 5.26. The maximum atomic E-state index is 13.2. The van der Waals surface area contributed by atoms with E-state index in [0.717, 1.165) is 12.0 Å². The molecule has 0 aromatic heterocycles. The summed E-state index contributed by atoms with van der Waals surface area (Å²) in [6, 6.07) is 7.52. The SMILES string of the molecule is CC(C)(C)OC(=O)NC(Cc1ccc(O)cc1)C(=O)N1C2C[C@H]2C[C@H]1C#N. The molecule has 144 valence electrons. The topological polar surface area (TPSA) is 103 Å². The third kappa shape index (κ3) is 4.51. The molecule has 0 spiro atoms. The van der Waals surface area contributed by atoms with E-state index in [2.05, 4.69) is 11.4 Å². The molecule has 1 heterocycles. The second-order valence-electron chi connectivity index (χ2n) is 8.26. The van der Waals surface area contributed by atoms with Crippen LogP contribution >= 0.6 is 0 Å². The minimum Gasteiger partial charge on any atom is -0.508 e. The van der Waals surface area contributed by atoms with E-state index in [1.807, 2.05) is 0 Å². The van der Waals surface area contributed by atoms with Crippen molar-refractivity contribution in [1.82, 2.24) is 10.2 Å². The highest BCUT2D eigenvalue weighted by molar-refractivity contribution is 5.87. The largest absolute Gasteiger partial charge is 0.508 e. The first-order valence-electron chi connectivity index (χ1n) is 9.17. The Morgan fingerprint density at radius 2 is 2.00 bits per heavy atom. The van der Waals surface area contributed by atoms with Crippen LogP contribution in [0.25, 0.3) is 0 Å². The normalized spacial score (nSPS) is 24.5. The summed E-state index contributed by atoms with van der Waals surface area (Å²) in [7, 11) is 0. The number of fused-ring (bicyclic) bond motifs is 1. The summed E-state index contributed by atoms with van der Waals surface area (Å²) in [5.41, 5.74) is 0.114. The summed E-state index contributed by atoms with van der Waals surface area (Å²) in [4.78, 5) is 27.1. The second kappa shape index (κ2) is 7.10. The number of hydrogen-bond donors (Lipinski definition) is 2. The van der Waals surface area contributed by atoms with Gasteiger partial charge in [-0.1, -0.05) is 12.1 Å². The fourth-order valence-corrected chi connectivity index (χ4v) is 3.59. The number of carbonyl (C=O) groups is 2. The van der Waals surface area contributed by atoms with Gasteiger partial charge in [0, 0.05) is 12.5 Å². The van der Waals surface area contributed by atoms with Gasteiger partial charge < -0.3 is 20.1 Å². The molecule has 2 N–H and O–H groups in total. The van der Waals surface area contributed by atoms with Gasteiger partial charge in [0.2, 0.25) is 5.91 Å². The predicted octanol–water partition coefficient (Wildman–Crippen LogP) is 2.34. The van der Waals surface area contributed by atoms with Crippen molar-refractivity contribution in [3.05, 3.63) is 29.8 Å². The van der Waals surface area contributed by atoms with Crippen LogP contribution in [0.2, 0.25) is 0 Å². The van der Waals surface area contributed by atoms with Gasteiger partial charge in [-0.3, -0.25) is 4.79 Å². The van der Waals surface area contributed by atoms with E-state index in [0.29, 0.717) is 12.3 Å². The van der Waals surface area contributed by atoms with Crippen LogP contribution in [-0.2, 0) is 16.0 Å². The van der Waals surface area contributed by atoms with Crippen molar-refractivity contribution in [1.29, 1.82) is 5.26 Å². The Kier molecular flexibility index (Phi) is 5.01. The molecule has 1 aliphatic carbocycles. The van der Waals surface area contributed by atoms with Crippen LogP contribution in [0.1, 0.15) is 39.2 Å². The number of nitrogens with one attached hydrogen (secondary N) is 1. The molecule has 2 fully saturated rings. The third-order valence-electron chi connectivity index (χ3n) is 4.87. The van der Waals surface area contributed by atoms with Gasteiger partial charge in [-0.05, 0) is 57.2 Å². The number of carbonyl (C=O) groups excluding carboxylic acids is 2. The van der Waals surface area contributed by atoms with Crippen molar-refractivity contribution in [3.63, 3.8) is 0 Å². The first-order chi connectivity index (χ1) is 12.7. The van der Waals surface area contributed by atoms with E-state index < -0.39 is 23.8 Å². The Morgan fingerprint density at radius 3 is 2.59 bits per heavy atom. The fraction of sp³-hybridized carbons (Fsp3) is 0.550. The molecule has 7 nitrogen and oxygen atoms in total. The lowest BCUT2D eigenvalue weighted by Crippen LogP contribution is -2.52. The van der Waals surface area contributed by atoms with E-state index in [1.54, 1.807) is 37.8 Å². The average Bonchev–Trinajstić information content (AvgIpc) is 3.24. The lowest BCUT2D eigenvalue weighted by molar-refractivity contribution is -0.134. The Hall–Kier alpha value is -2.75. The molecule has 3 rings (SSSR count). The molecule has 0 radical (unpaired) electrons. The number of ether oxygens (including phenoxy) is 1. The van der Waals surface area contributed by atoms with E-state index in [4.69, 9.17) is 4.74 Å². The Bertz CT molecular complexity index is 763. The molecule has 1 saturated heterocycles. The van der Waals surface area contributed by atoms with Crippen molar-refractivity contribution in [3.8, 4) is 11.8 Å². The molecule has 2 amide bonds. The molecular weight excluding hydrogens is 346 g/mol. The van der Waals surface area contributed by atoms with E-state index in [-0.39, 0.29) is 24.1 Å². The predicted molar refractivity (Wildman–Crippen MR) is 97.7 cm³/mol. The zero-order chi connectivity index (χ0) is 19.8. The molecule has 2 aliphatic rings. The Labute approximate surface area is 158 Å². The number of hydrogen-bond acceptors (Lipinski definition) is 5. The lowest BCUT2D eigenvalue weighted by atomic mass is 10.0. The minimum atomic E-state index is -0.834. The summed E-state index contributed by atoms with van der Waals surface area (Å²) in [5.74, 6) is 0.270. The highest BCUT2D eigenvalue weighted by atomic mass is 16.6. The number of aromatic hydroxyl groups is 1. The van der Waals surface area contributed by atoms with Gasteiger partial charge in [-0.25, -0.2) is 4.79 Å². The molecule has 1 aliphatic heterocycles. The Balaban J connectivity index is 1.78. The van der Waals surface area contributed by atoms with E-state index in [9.17, 15) is 20.0 Å². The van der Waals surface area contributed by atoms with Gasteiger partial charge in [0.25, 0.3) is 0 Å². The highest BCUT2D eigenvalue weighted by Crippen LogP contribution is 2.47. The van der Waals surface area contributed by atoms with Crippen LogP contribution in [-0.4, -0.2) is 45.7 Å². The number of amides is 2. The molecule has 27 heavy (non-hydrogen) atoms. The van der Waals surface area contributed by atoms with Gasteiger partial charge >= 0.3 is 6.09 Å². The van der Waals surface area contributed by atoms with Gasteiger partial charge in [-0.2, -0.15) is 5.26 Å². The number of nitriles is 1. The number of piperidine rings is 1. The molecule has 0 bridgehead atoms. The van der Waals surface area contributed by atoms with Crippen LogP contribution in [0, 0.1) is 17.2 Å². The number of nitrogens with zero attached hydrogens (tertiary/aromatic N) is 2. The quantitative estimate of drug-likeness (QED) is 0.846. The Morgan fingerprint density at radius 1 is 1.33 bits per heavy atom. The van der Waals surface area contributed by atoms with E-state index >= 15 is 0 Å². The number of likely N-dealkylation sites (tertiary alicyclic amines) is 1. The molecule has 7 heteroatoms. The summed E-state index contributed by atoms with van der Waals surface area (Å²) in [5, 5.41) is 21.5. The van der Waals surface area contributed by atoms with Crippen LogP contribution < -0.4 is 5.32 Å². The molecule has 1 aromatic rings. The molecule has 2 unspecified atom stereocenters. The maximum absolute atomic E-state index is 13.2. The summed E-state index contributed by atoms with van der Waals surface area (Å²) < 4.78 is 5.30. The van der Waals surface area contributed by atoms with Gasteiger partial charge in [0.15, 0.2) is 0 Å². The number of phenolic OH excluding ortho intramolecular Hbond substituents is 1. The minimum absolute atomic E-state index is 0.102. The first-order valence-corrected chi connectivity index (χ1v) is 9.17. The number of rotatable bonds is 4. The van der Waals surface area contributed by atoms with Crippen molar-refractivity contribution in [2.45, 2.75) is 63.8 Å². The standard InChI is InChI=1S/C20H25N3O4/c1-20(2,3)27-19(26)22-16(8-12-4-6-15(24)7-5-12)18(25)23-14(11-21)9-13-10-17(13)23/h4-7,13-14,16-17,24H,8-10H2,1-3H3,(H,22,26)/t13-,14+,16?,17?/m1/s1. The average molecular weight is 371 g/mol.